The van der Waals surface area contributed by atoms with E-state index in [-0.39, 0.29) is 5.91 Å². The largest absolute Gasteiger partial charge is 0.469 e. The van der Waals surface area contributed by atoms with Crippen LogP contribution in [0.3, 0.4) is 0 Å². The molecule has 3 rings (SSSR count). The first-order valence-electron chi connectivity index (χ1n) is 8.32. The number of thioether (sulfide) groups is 1. The zero-order valence-electron chi connectivity index (χ0n) is 15.0. The highest BCUT2D eigenvalue weighted by molar-refractivity contribution is 8.00. The first-order valence-corrected chi connectivity index (χ1v) is 9.57. The van der Waals surface area contributed by atoms with Gasteiger partial charge in [-0.2, -0.15) is 0 Å². The quantitative estimate of drug-likeness (QED) is 0.453. The van der Waals surface area contributed by atoms with Crippen molar-refractivity contribution in [1.82, 2.24) is 14.8 Å². The lowest BCUT2D eigenvalue weighted by Gasteiger charge is -2.13. The minimum atomic E-state index is -0.396. The van der Waals surface area contributed by atoms with Crippen LogP contribution in [0.2, 0.25) is 5.02 Å². The van der Waals surface area contributed by atoms with Gasteiger partial charge in [0.05, 0.1) is 27.8 Å². The molecule has 6 nitrogen and oxygen atoms in total. The number of hydrogen-bond donors (Lipinski definition) is 1. The van der Waals surface area contributed by atoms with Gasteiger partial charge in [0.25, 0.3) is 0 Å². The van der Waals surface area contributed by atoms with Crippen LogP contribution in [-0.4, -0.2) is 25.9 Å². The Bertz CT molecular complexity index is 966. The molecule has 0 saturated carbocycles. The molecule has 27 heavy (non-hydrogen) atoms. The van der Waals surface area contributed by atoms with Crippen molar-refractivity contribution in [3.8, 4) is 11.4 Å². The van der Waals surface area contributed by atoms with Crippen LogP contribution in [0.5, 0.6) is 0 Å². The van der Waals surface area contributed by atoms with Crippen molar-refractivity contribution in [2.75, 3.05) is 5.32 Å². The number of nitrogens with one attached hydrogen (secondary N) is 1. The predicted octanol–water partition coefficient (Wildman–Crippen LogP) is 4.81. The minimum absolute atomic E-state index is 0.165. The van der Waals surface area contributed by atoms with Gasteiger partial charge in [-0.25, -0.2) is 0 Å². The highest BCUT2D eigenvalue weighted by Crippen LogP contribution is 2.30. The normalized spacial score (nSPS) is 12.0. The highest BCUT2D eigenvalue weighted by atomic mass is 35.5. The monoisotopic (exact) mass is 402 g/mol. The maximum Gasteiger partial charge on any atom is 0.237 e. The van der Waals surface area contributed by atoms with E-state index in [9.17, 15) is 4.79 Å². The lowest BCUT2D eigenvalue weighted by atomic mass is 10.2. The maximum absolute atomic E-state index is 12.5. The molecular formula is C19H19ClN4O2S. The van der Waals surface area contributed by atoms with Crippen molar-refractivity contribution in [2.45, 2.75) is 30.8 Å². The first kappa shape index (κ1) is 19.3. The number of carbonyl (C=O) groups is 1. The van der Waals surface area contributed by atoms with Gasteiger partial charge in [0.15, 0.2) is 11.0 Å². The molecule has 0 radical (unpaired) electrons. The summed E-state index contributed by atoms with van der Waals surface area (Å²) in [5, 5.41) is 12.1. The molecule has 1 aromatic carbocycles. The molecule has 1 unspecified atom stereocenters. The van der Waals surface area contributed by atoms with E-state index >= 15 is 0 Å². The van der Waals surface area contributed by atoms with Crippen molar-refractivity contribution in [1.29, 1.82) is 0 Å². The molecule has 2 aromatic heterocycles. The van der Waals surface area contributed by atoms with Crippen LogP contribution in [0.4, 0.5) is 5.69 Å². The van der Waals surface area contributed by atoms with Crippen molar-refractivity contribution in [3.63, 3.8) is 0 Å². The van der Waals surface area contributed by atoms with Crippen LogP contribution in [0.15, 0.2) is 58.8 Å². The summed E-state index contributed by atoms with van der Waals surface area (Å²) >= 11 is 7.43. The number of benzene rings is 1. The zero-order valence-corrected chi connectivity index (χ0v) is 16.5. The van der Waals surface area contributed by atoms with E-state index in [0.29, 0.717) is 28.2 Å². The number of aromatic nitrogens is 3. The maximum atomic E-state index is 12.5. The number of amides is 1. The Morgan fingerprint density at radius 2 is 2.19 bits per heavy atom. The summed E-state index contributed by atoms with van der Waals surface area (Å²) in [5.74, 6) is 1.28. The number of furan rings is 1. The Morgan fingerprint density at radius 3 is 2.85 bits per heavy atom. The fraction of sp³-hybridized carbons (Fsp3) is 0.211. The second-order valence-corrected chi connectivity index (χ2v) is 7.54. The van der Waals surface area contributed by atoms with E-state index in [1.165, 1.54) is 11.8 Å². The molecule has 0 spiro atoms. The van der Waals surface area contributed by atoms with Crippen molar-refractivity contribution >= 4 is 35.0 Å². The van der Waals surface area contributed by atoms with Crippen molar-refractivity contribution in [2.24, 2.45) is 0 Å². The van der Waals surface area contributed by atoms with Gasteiger partial charge in [-0.15, -0.1) is 16.8 Å². The molecule has 3 aromatic rings. The topological polar surface area (TPSA) is 73.0 Å². The van der Waals surface area contributed by atoms with E-state index in [1.54, 1.807) is 24.5 Å². The number of carbonyl (C=O) groups excluding carboxylic acids is 1. The van der Waals surface area contributed by atoms with E-state index in [1.807, 2.05) is 36.6 Å². The number of para-hydroxylation sites is 1. The molecule has 0 fully saturated rings. The Morgan fingerprint density at radius 1 is 1.41 bits per heavy atom. The standard InChI is InChI=1S/C19H19ClN4O2S/c1-4-10-24-17(14-9-11-26-12(14)2)22-23-19(24)27-13(3)18(25)21-16-8-6-5-7-15(16)20/h4-9,11,13H,1,10H2,2-3H3,(H,21,25). The Balaban J connectivity index is 1.79. The summed E-state index contributed by atoms with van der Waals surface area (Å²) in [6.45, 7) is 8.00. The summed E-state index contributed by atoms with van der Waals surface area (Å²) in [6.07, 6.45) is 3.38. The van der Waals surface area contributed by atoms with Crippen molar-refractivity contribution < 1.29 is 9.21 Å². The Labute approximate surface area is 166 Å². The second kappa shape index (κ2) is 8.45. The van der Waals surface area contributed by atoms with Gasteiger partial charge in [0.2, 0.25) is 5.91 Å². The third-order valence-electron chi connectivity index (χ3n) is 3.91. The molecule has 8 heteroatoms. The summed E-state index contributed by atoms with van der Waals surface area (Å²) < 4.78 is 7.28. The average molecular weight is 403 g/mol. The molecule has 0 aliphatic carbocycles. The van der Waals surface area contributed by atoms with E-state index in [2.05, 4.69) is 22.1 Å². The lowest BCUT2D eigenvalue weighted by molar-refractivity contribution is -0.115. The van der Waals surface area contributed by atoms with Crippen molar-refractivity contribution in [3.05, 3.63) is 60.0 Å². The number of anilines is 1. The number of halogens is 1. The smallest absolute Gasteiger partial charge is 0.237 e. The molecule has 1 atom stereocenters. The van der Waals surface area contributed by atoms with Crippen LogP contribution < -0.4 is 5.32 Å². The van der Waals surface area contributed by atoms with Crippen LogP contribution in [-0.2, 0) is 11.3 Å². The average Bonchev–Trinajstić information content (AvgIpc) is 3.23. The summed E-state index contributed by atoms with van der Waals surface area (Å²) in [4.78, 5) is 12.5. The van der Waals surface area contributed by atoms with Gasteiger partial charge in [0.1, 0.15) is 5.76 Å². The molecule has 140 valence electrons. The third kappa shape index (κ3) is 4.26. The molecule has 0 aliphatic rings. The Hall–Kier alpha value is -2.51. The van der Waals surface area contributed by atoms with Crippen LogP contribution >= 0.6 is 23.4 Å². The molecule has 0 bridgehead atoms. The van der Waals surface area contributed by atoms with Gasteiger partial charge in [-0.3, -0.25) is 9.36 Å². The fourth-order valence-corrected chi connectivity index (χ4v) is 3.54. The highest BCUT2D eigenvalue weighted by Gasteiger charge is 2.22. The zero-order chi connectivity index (χ0) is 19.4. The SMILES string of the molecule is C=CCn1c(SC(C)C(=O)Nc2ccccc2Cl)nnc1-c1ccoc1C. The van der Waals surface area contributed by atoms with Gasteiger partial charge >= 0.3 is 0 Å². The number of nitrogens with zero attached hydrogens (tertiary/aromatic N) is 3. The van der Waals surface area contributed by atoms with E-state index < -0.39 is 5.25 Å². The number of rotatable bonds is 7. The Kier molecular flexibility index (Phi) is 6.03. The summed E-state index contributed by atoms with van der Waals surface area (Å²) in [5.41, 5.74) is 1.45. The molecule has 0 saturated heterocycles. The van der Waals surface area contributed by atoms with Crippen LogP contribution in [0.25, 0.3) is 11.4 Å². The van der Waals surface area contributed by atoms with E-state index in [4.69, 9.17) is 16.0 Å². The summed E-state index contributed by atoms with van der Waals surface area (Å²) in [7, 11) is 0. The summed E-state index contributed by atoms with van der Waals surface area (Å²) in [6, 6.07) is 8.97. The number of aryl methyl sites for hydroxylation is 1. The molecule has 0 aliphatic heterocycles. The minimum Gasteiger partial charge on any atom is -0.469 e. The van der Waals surface area contributed by atoms with E-state index in [0.717, 1.165) is 11.3 Å². The van der Waals surface area contributed by atoms with Crippen LogP contribution in [0.1, 0.15) is 12.7 Å². The van der Waals surface area contributed by atoms with Crippen LogP contribution in [0, 0.1) is 6.92 Å². The fourth-order valence-electron chi connectivity index (χ4n) is 2.49. The van der Waals surface area contributed by atoms with Gasteiger partial charge < -0.3 is 9.73 Å². The lowest BCUT2D eigenvalue weighted by Crippen LogP contribution is -2.23. The molecular weight excluding hydrogens is 384 g/mol. The first-order chi connectivity index (χ1) is 13.0. The van der Waals surface area contributed by atoms with Gasteiger partial charge in [-0.05, 0) is 32.0 Å². The molecule has 1 N–H and O–H groups in total. The molecule has 1 amide bonds. The molecule has 2 heterocycles. The predicted molar refractivity (Wildman–Crippen MR) is 108 cm³/mol. The van der Waals surface area contributed by atoms with Gasteiger partial charge in [-0.1, -0.05) is 41.6 Å². The number of hydrogen-bond acceptors (Lipinski definition) is 5. The third-order valence-corrected chi connectivity index (χ3v) is 5.32. The van der Waals surface area contributed by atoms with Gasteiger partial charge in [0, 0.05) is 6.54 Å². The second-order valence-electron chi connectivity index (χ2n) is 5.83. The number of allylic oxidation sites excluding steroid dienone is 1.